The zero-order valence-electron chi connectivity index (χ0n) is 5.90. The van der Waals surface area contributed by atoms with Crippen LogP contribution in [0.25, 0.3) is 0 Å². The second-order valence-corrected chi connectivity index (χ2v) is 2.59. The minimum atomic E-state index is 0.353. The van der Waals surface area contributed by atoms with E-state index in [9.17, 15) is 0 Å². The molecule has 0 spiro atoms. The van der Waals surface area contributed by atoms with Crippen LogP contribution in [0.4, 0.5) is 5.69 Å². The average molecular weight is 156 g/mol. The molecule has 0 aromatic carbocycles. The van der Waals surface area contributed by atoms with E-state index in [0.717, 1.165) is 11.4 Å². The molecule has 0 aliphatic carbocycles. The standard InChI is InChI=1S/C7H8ClN2/c1-4-3-6(9)7(8)5(2)10-4/h3,9H,1-2H3. The Hall–Kier alpha value is -0.760. The summed E-state index contributed by atoms with van der Waals surface area (Å²) >= 11 is 5.70. The van der Waals surface area contributed by atoms with Crippen molar-refractivity contribution in [1.29, 1.82) is 0 Å². The van der Waals surface area contributed by atoms with Crippen LogP contribution in [-0.4, -0.2) is 4.98 Å². The zero-order valence-corrected chi connectivity index (χ0v) is 6.66. The third-order valence-corrected chi connectivity index (χ3v) is 1.73. The molecule has 0 atom stereocenters. The number of halogens is 1. The quantitative estimate of drug-likeness (QED) is 0.566. The SMILES string of the molecule is Cc1cc([NH])c(Cl)c(C)n1. The van der Waals surface area contributed by atoms with Gasteiger partial charge < -0.3 is 0 Å². The van der Waals surface area contributed by atoms with Crippen LogP contribution in [0.3, 0.4) is 0 Å². The Balaban J connectivity index is 3.31. The molecule has 1 aromatic heterocycles. The Bertz CT molecular complexity index is 235. The first-order chi connectivity index (χ1) is 4.61. The molecule has 0 amide bonds. The van der Waals surface area contributed by atoms with Gasteiger partial charge in [0.15, 0.2) is 0 Å². The highest BCUT2D eigenvalue weighted by Crippen LogP contribution is 2.22. The summed E-state index contributed by atoms with van der Waals surface area (Å²) in [5.74, 6) is 0. The van der Waals surface area contributed by atoms with E-state index in [1.165, 1.54) is 0 Å². The van der Waals surface area contributed by atoms with Gasteiger partial charge in [-0.3, -0.25) is 10.7 Å². The molecule has 0 aliphatic heterocycles. The molecule has 1 heterocycles. The van der Waals surface area contributed by atoms with Gasteiger partial charge in [0.1, 0.15) is 0 Å². The van der Waals surface area contributed by atoms with Gasteiger partial charge in [-0.25, -0.2) is 0 Å². The predicted octanol–water partition coefficient (Wildman–Crippen LogP) is 2.27. The van der Waals surface area contributed by atoms with Crippen molar-refractivity contribution in [3.05, 3.63) is 22.5 Å². The normalized spacial score (nSPS) is 9.90. The lowest BCUT2D eigenvalue weighted by Gasteiger charge is -2.00. The molecule has 3 heteroatoms. The van der Waals surface area contributed by atoms with Gasteiger partial charge in [0.2, 0.25) is 0 Å². The zero-order chi connectivity index (χ0) is 7.72. The number of hydrogen-bond donors (Lipinski definition) is 0. The van der Waals surface area contributed by atoms with E-state index in [2.05, 4.69) is 4.98 Å². The fourth-order valence-electron chi connectivity index (χ4n) is 0.813. The molecule has 0 fully saturated rings. The van der Waals surface area contributed by atoms with Crippen molar-refractivity contribution < 1.29 is 0 Å². The molecule has 0 bridgehead atoms. The first-order valence-electron chi connectivity index (χ1n) is 2.96. The van der Waals surface area contributed by atoms with Crippen molar-refractivity contribution in [2.24, 2.45) is 0 Å². The third kappa shape index (κ3) is 1.21. The van der Waals surface area contributed by atoms with Gasteiger partial charge in [0.05, 0.1) is 16.4 Å². The van der Waals surface area contributed by atoms with Crippen molar-refractivity contribution >= 4 is 17.3 Å². The molecule has 0 saturated heterocycles. The van der Waals surface area contributed by atoms with Gasteiger partial charge in [0, 0.05) is 5.69 Å². The summed E-state index contributed by atoms with van der Waals surface area (Å²) < 4.78 is 0. The van der Waals surface area contributed by atoms with E-state index < -0.39 is 0 Å². The van der Waals surface area contributed by atoms with Crippen LogP contribution in [0, 0.1) is 13.8 Å². The molecule has 1 radical (unpaired) electrons. The van der Waals surface area contributed by atoms with Crippen molar-refractivity contribution in [2.75, 3.05) is 0 Å². The highest BCUT2D eigenvalue weighted by atomic mass is 35.5. The minimum absolute atomic E-state index is 0.353. The van der Waals surface area contributed by atoms with Gasteiger partial charge >= 0.3 is 0 Å². The molecule has 0 aliphatic rings. The van der Waals surface area contributed by atoms with Gasteiger partial charge in [-0.1, -0.05) is 11.6 Å². The first kappa shape index (κ1) is 7.35. The van der Waals surface area contributed by atoms with Crippen LogP contribution in [0.15, 0.2) is 6.07 Å². The van der Waals surface area contributed by atoms with Gasteiger partial charge in [-0.2, -0.15) is 0 Å². The van der Waals surface area contributed by atoms with E-state index in [1.54, 1.807) is 13.0 Å². The van der Waals surface area contributed by atoms with E-state index >= 15 is 0 Å². The van der Waals surface area contributed by atoms with Crippen LogP contribution in [0.5, 0.6) is 0 Å². The smallest absolute Gasteiger partial charge is 0.0868 e. The Kier molecular flexibility index (Phi) is 1.81. The Morgan fingerprint density at radius 3 is 2.60 bits per heavy atom. The number of nitrogens with zero attached hydrogens (tertiary/aromatic N) is 1. The monoisotopic (exact) mass is 155 g/mol. The summed E-state index contributed by atoms with van der Waals surface area (Å²) in [4.78, 5) is 4.08. The molecule has 53 valence electrons. The van der Waals surface area contributed by atoms with Gasteiger partial charge in [-0.15, -0.1) is 0 Å². The summed E-state index contributed by atoms with van der Waals surface area (Å²) in [7, 11) is 0. The van der Waals surface area contributed by atoms with Crippen molar-refractivity contribution in [3.8, 4) is 0 Å². The van der Waals surface area contributed by atoms with Crippen LogP contribution in [-0.2, 0) is 0 Å². The summed E-state index contributed by atoms with van der Waals surface area (Å²) in [6.45, 7) is 3.65. The highest BCUT2D eigenvalue weighted by molar-refractivity contribution is 6.33. The van der Waals surface area contributed by atoms with E-state index in [1.807, 2.05) is 6.92 Å². The van der Waals surface area contributed by atoms with Gasteiger partial charge in [0.25, 0.3) is 0 Å². The number of pyridine rings is 1. The van der Waals surface area contributed by atoms with E-state index in [4.69, 9.17) is 17.3 Å². The fraction of sp³-hybridized carbons (Fsp3) is 0.286. The minimum Gasteiger partial charge on any atom is -0.299 e. The summed E-state index contributed by atoms with van der Waals surface area (Å²) in [5.41, 5.74) is 9.25. The Labute approximate surface area is 65.0 Å². The third-order valence-electron chi connectivity index (χ3n) is 1.25. The predicted molar refractivity (Wildman–Crippen MR) is 41.5 cm³/mol. The largest absolute Gasteiger partial charge is 0.299 e. The maximum atomic E-state index is 7.33. The molecule has 0 saturated carbocycles. The molecule has 1 rings (SSSR count). The molecule has 1 N–H and O–H groups in total. The first-order valence-corrected chi connectivity index (χ1v) is 3.34. The topological polar surface area (TPSA) is 36.7 Å². The maximum Gasteiger partial charge on any atom is 0.0868 e. The van der Waals surface area contributed by atoms with Crippen molar-refractivity contribution in [1.82, 2.24) is 10.7 Å². The number of aromatic nitrogens is 1. The number of hydrogen-bond acceptors (Lipinski definition) is 1. The van der Waals surface area contributed by atoms with Crippen LogP contribution in [0.2, 0.25) is 5.02 Å². The lowest BCUT2D eigenvalue weighted by molar-refractivity contribution is 1.12. The number of rotatable bonds is 0. The van der Waals surface area contributed by atoms with Crippen molar-refractivity contribution in [3.63, 3.8) is 0 Å². The number of nitrogens with one attached hydrogen (secondary N) is 1. The summed E-state index contributed by atoms with van der Waals surface area (Å²) in [5, 5.41) is 0.450. The molecule has 2 nitrogen and oxygen atoms in total. The van der Waals surface area contributed by atoms with Gasteiger partial charge in [-0.05, 0) is 19.9 Å². The lowest BCUT2D eigenvalue weighted by Crippen LogP contribution is -1.87. The highest BCUT2D eigenvalue weighted by Gasteiger charge is 2.01. The maximum absolute atomic E-state index is 7.33. The molecular weight excluding hydrogens is 148 g/mol. The van der Waals surface area contributed by atoms with E-state index in [-0.39, 0.29) is 0 Å². The Morgan fingerprint density at radius 1 is 1.50 bits per heavy atom. The molecule has 10 heavy (non-hydrogen) atoms. The van der Waals surface area contributed by atoms with Crippen LogP contribution < -0.4 is 5.73 Å². The molecule has 1 aromatic rings. The average Bonchev–Trinajstić information content (AvgIpc) is 1.82. The van der Waals surface area contributed by atoms with Crippen LogP contribution in [0.1, 0.15) is 11.4 Å². The van der Waals surface area contributed by atoms with E-state index in [0.29, 0.717) is 10.7 Å². The lowest BCUT2D eigenvalue weighted by atomic mass is 10.3. The molecule has 0 unspecified atom stereocenters. The second-order valence-electron chi connectivity index (χ2n) is 2.21. The Morgan fingerprint density at radius 2 is 2.10 bits per heavy atom. The fourth-order valence-corrected chi connectivity index (χ4v) is 0.910. The molecular formula is C7H8ClN2. The van der Waals surface area contributed by atoms with Crippen LogP contribution >= 0.6 is 11.6 Å². The number of aryl methyl sites for hydroxylation is 2. The summed E-state index contributed by atoms with van der Waals surface area (Å²) in [6, 6.07) is 1.65. The van der Waals surface area contributed by atoms with Crippen molar-refractivity contribution in [2.45, 2.75) is 13.8 Å². The summed E-state index contributed by atoms with van der Waals surface area (Å²) in [6.07, 6.45) is 0. The second kappa shape index (κ2) is 2.46.